The number of esters is 1. The van der Waals surface area contributed by atoms with E-state index in [1.807, 2.05) is 54.6 Å². The van der Waals surface area contributed by atoms with Gasteiger partial charge in [0.1, 0.15) is 0 Å². The van der Waals surface area contributed by atoms with Crippen LogP contribution < -0.4 is 5.32 Å². The fraction of sp³-hybridized carbons (Fsp3) is 0.212. The van der Waals surface area contributed by atoms with Crippen molar-refractivity contribution in [2.75, 3.05) is 12.4 Å². The number of halogens is 2. The van der Waals surface area contributed by atoms with Crippen molar-refractivity contribution in [1.29, 1.82) is 0 Å². The van der Waals surface area contributed by atoms with Crippen LogP contribution in [0.15, 0.2) is 91.0 Å². The number of carbonyl (C=O) groups is 2. The molecular formula is C33H31Cl2NO3. The fourth-order valence-electron chi connectivity index (χ4n) is 4.39. The maximum absolute atomic E-state index is 13.6. The molecule has 0 bridgehead atoms. The number of ether oxygens (including phenoxy) is 1. The van der Waals surface area contributed by atoms with Gasteiger partial charge in [-0.2, -0.15) is 0 Å². The Morgan fingerprint density at radius 1 is 0.846 bits per heavy atom. The average molecular weight is 561 g/mol. The zero-order chi connectivity index (χ0) is 28.2. The first-order valence-electron chi connectivity index (χ1n) is 12.7. The Kier molecular flexibility index (Phi) is 8.79. The van der Waals surface area contributed by atoms with Crippen molar-refractivity contribution >= 4 is 40.8 Å². The quantitative estimate of drug-likeness (QED) is 0.230. The Morgan fingerprint density at radius 3 is 2.05 bits per heavy atom. The van der Waals surface area contributed by atoms with Crippen molar-refractivity contribution < 1.29 is 14.3 Å². The average Bonchev–Trinajstić information content (AvgIpc) is 2.92. The minimum Gasteiger partial charge on any atom is -0.465 e. The lowest BCUT2D eigenvalue weighted by molar-refractivity contribution is -0.117. The SMILES string of the molecule is COC(=O)c1ccc(CC(C(=O)Nc2ccc(-c3ccc(Cl)cc3Cl)cc2)c2ccc(C(C)(C)C)cc2)cc1. The van der Waals surface area contributed by atoms with Gasteiger partial charge in [-0.15, -0.1) is 0 Å². The smallest absolute Gasteiger partial charge is 0.337 e. The third-order valence-corrected chi connectivity index (χ3v) is 7.25. The van der Waals surface area contributed by atoms with E-state index in [-0.39, 0.29) is 11.3 Å². The molecule has 4 rings (SSSR count). The largest absolute Gasteiger partial charge is 0.465 e. The molecule has 0 aromatic heterocycles. The van der Waals surface area contributed by atoms with Gasteiger partial charge in [0, 0.05) is 21.3 Å². The number of benzene rings is 4. The summed E-state index contributed by atoms with van der Waals surface area (Å²) in [5, 5.41) is 4.22. The van der Waals surface area contributed by atoms with Crippen molar-refractivity contribution in [1.82, 2.24) is 0 Å². The lowest BCUT2D eigenvalue weighted by atomic mass is 9.84. The van der Waals surface area contributed by atoms with Gasteiger partial charge in [0.2, 0.25) is 5.91 Å². The van der Waals surface area contributed by atoms with E-state index >= 15 is 0 Å². The first-order chi connectivity index (χ1) is 18.5. The standard InChI is InChI=1S/C33H31Cl2NO3/c1-33(2,3)25-13-9-23(10-14-25)29(19-21-5-7-24(8-6-21)32(38)39-4)31(37)36-27-16-11-22(12-17-27)28-18-15-26(34)20-30(28)35/h5-18,20,29H,19H2,1-4H3,(H,36,37). The van der Waals surface area contributed by atoms with Crippen LogP contribution in [0, 0.1) is 0 Å². The predicted molar refractivity (Wildman–Crippen MR) is 160 cm³/mol. The van der Waals surface area contributed by atoms with E-state index in [1.54, 1.807) is 24.3 Å². The van der Waals surface area contributed by atoms with E-state index in [2.05, 4.69) is 38.2 Å². The fourth-order valence-corrected chi connectivity index (χ4v) is 4.91. The molecule has 0 aliphatic heterocycles. The van der Waals surface area contributed by atoms with Crippen LogP contribution in [-0.2, 0) is 21.4 Å². The number of hydrogen-bond acceptors (Lipinski definition) is 3. The second kappa shape index (κ2) is 12.1. The first kappa shape index (κ1) is 28.4. The highest BCUT2D eigenvalue weighted by Crippen LogP contribution is 2.32. The summed E-state index contributed by atoms with van der Waals surface area (Å²) in [6, 6.07) is 28.3. The number of carbonyl (C=O) groups excluding carboxylic acids is 2. The summed E-state index contributed by atoms with van der Waals surface area (Å²) >= 11 is 12.4. The molecule has 1 unspecified atom stereocenters. The van der Waals surface area contributed by atoms with Crippen molar-refractivity contribution in [3.8, 4) is 11.1 Å². The molecule has 1 N–H and O–H groups in total. The molecule has 0 aliphatic carbocycles. The summed E-state index contributed by atoms with van der Waals surface area (Å²) in [6.07, 6.45) is 0.473. The number of rotatable bonds is 7. The van der Waals surface area contributed by atoms with Crippen molar-refractivity contribution in [2.45, 2.75) is 38.5 Å². The van der Waals surface area contributed by atoms with Crippen LogP contribution in [0.2, 0.25) is 10.0 Å². The second-order valence-corrected chi connectivity index (χ2v) is 11.4. The van der Waals surface area contributed by atoms with Crippen LogP contribution in [0.4, 0.5) is 5.69 Å². The van der Waals surface area contributed by atoms with Gasteiger partial charge in [0.25, 0.3) is 0 Å². The van der Waals surface area contributed by atoms with Gasteiger partial charge >= 0.3 is 5.97 Å². The Labute approximate surface area is 239 Å². The molecule has 0 saturated carbocycles. The lowest BCUT2D eigenvalue weighted by Gasteiger charge is -2.22. The van der Waals surface area contributed by atoms with Gasteiger partial charge in [0.05, 0.1) is 18.6 Å². The molecule has 0 saturated heterocycles. The summed E-state index contributed by atoms with van der Waals surface area (Å²) in [6.45, 7) is 6.49. The van der Waals surface area contributed by atoms with Crippen LogP contribution >= 0.6 is 23.2 Å². The molecule has 4 aromatic carbocycles. The van der Waals surface area contributed by atoms with Crippen molar-refractivity contribution in [3.63, 3.8) is 0 Å². The highest BCUT2D eigenvalue weighted by atomic mass is 35.5. The van der Waals surface area contributed by atoms with Crippen LogP contribution in [-0.4, -0.2) is 19.0 Å². The van der Waals surface area contributed by atoms with Crippen LogP contribution in [0.1, 0.15) is 53.7 Å². The second-order valence-electron chi connectivity index (χ2n) is 10.5. The Hall–Kier alpha value is -3.60. The Balaban J connectivity index is 1.58. The number of methoxy groups -OCH3 is 1. The Bertz CT molecular complexity index is 1460. The maximum atomic E-state index is 13.6. The number of hydrogen-bond donors (Lipinski definition) is 1. The van der Waals surface area contributed by atoms with E-state index in [9.17, 15) is 9.59 Å². The summed E-state index contributed by atoms with van der Waals surface area (Å²) in [4.78, 5) is 25.5. The third kappa shape index (κ3) is 7.08. The van der Waals surface area contributed by atoms with E-state index < -0.39 is 11.9 Å². The number of nitrogens with one attached hydrogen (secondary N) is 1. The lowest BCUT2D eigenvalue weighted by Crippen LogP contribution is -2.23. The predicted octanol–water partition coefficient (Wildman–Crippen LogP) is 8.71. The minimum atomic E-state index is -0.437. The van der Waals surface area contributed by atoms with Crippen LogP contribution in [0.5, 0.6) is 0 Å². The number of amides is 1. The van der Waals surface area contributed by atoms with Gasteiger partial charge in [-0.05, 0) is 70.5 Å². The molecule has 4 nitrogen and oxygen atoms in total. The molecule has 0 aliphatic rings. The van der Waals surface area contributed by atoms with Crippen LogP contribution in [0.25, 0.3) is 11.1 Å². The van der Waals surface area contributed by atoms with Gasteiger partial charge in [-0.25, -0.2) is 4.79 Å². The van der Waals surface area contributed by atoms with E-state index in [4.69, 9.17) is 27.9 Å². The molecule has 0 spiro atoms. The van der Waals surface area contributed by atoms with Crippen LogP contribution in [0.3, 0.4) is 0 Å². The zero-order valence-corrected chi connectivity index (χ0v) is 23.9. The van der Waals surface area contributed by atoms with E-state index in [1.165, 1.54) is 12.7 Å². The highest BCUT2D eigenvalue weighted by Gasteiger charge is 2.23. The van der Waals surface area contributed by atoms with Crippen molar-refractivity contribution in [3.05, 3.63) is 123 Å². The van der Waals surface area contributed by atoms with E-state index in [0.29, 0.717) is 27.7 Å². The number of anilines is 1. The monoisotopic (exact) mass is 559 g/mol. The molecule has 1 amide bonds. The molecular weight excluding hydrogens is 529 g/mol. The zero-order valence-electron chi connectivity index (χ0n) is 22.4. The minimum absolute atomic E-state index is 0.00866. The van der Waals surface area contributed by atoms with Crippen molar-refractivity contribution in [2.24, 2.45) is 0 Å². The third-order valence-electron chi connectivity index (χ3n) is 6.71. The topological polar surface area (TPSA) is 55.4 Å². The molecule has 0 fully saturated rings. The van der Waals surface area contributed by atoms with Gasteiger partial charge in [-0.3, -0.25) is 4.79 Å². The summed E-state index contributed by atoms with van der Waals surface area (Å²) in [7, 11) is 1.36. The summed E-state index contributed by atoms with van der Waals surface area (Å²) < 4.78 is 4.80. The molecule has 0 heterocycles. The first-order valence-corrected chi connectivity index (χ1v) is 13.4. The highest BCUT2D eigenvalue weighted by molar-refractivity contribution is 6.36. The molecule has 1 atom stereocenters. The normalized spacial score (nSPS) is 12.1. The molecule has 39 heavy (non-hydrogen) atoms. The van der Waals surface area contributed by atoms with Gasteiger partial charge in [0.15, 0.2) is 0 Å². The van der Waals surface area contributed by atoms with Gasteiger partial charge in [-0.1, -0.05) is 98.6 Å². The van der Waals surface area contributed by atoms with Gasteiger partial charge < -0.3 is 10.1 Å². The Morgan fingerprint density at radius 2 is 1.49 bits per heavy atom. The summed E-state index contributed by atoms with van der Waals surface area (Å²) in [5.74, 6) is -0.946. The molecule has 4 aromatic rings. The van der Waals surface area contributed by atoms with E-state index in [0.717, 1.165) is 22.3 Å². The molecule has 0 radical (unpaired) electrons. The molecule has 6 heteroatoms. The molecule has 200 valence electrons. The maximum Gasteiger partial charge on any atom is 0.337 e. The summed E-state index contributed by atoms with van der Waals surface area (Å²) in [5.41, 5.74) is 6.01.